The van der Waals surface area contributed by atoms with Crippen LogP contribution in [0.2, 0.25) is 0 Å². The Kier molecular flexibility index (Phi) is 6.47. The molecule has 4 rings (SSSR count). The van der Waals surface area contributed by atoms with Crippen LogP contribution in [0.15, 0.2) is 114 Å². The van der Waals surface area contributed by atoms with Crippen LogP contribution < -0.4 is 10.1 Å². The Morgan fingerprint density at radius 2 is 1.30 bits per heavy atom. The van der Waals surface area contributed by atoms with Crippen molar-refractivity contribution < 1.29 is 9.53 Å². The molecule has 0 radical (unpaired) electrons. The maximum atomic E-state index is 12.9. The Labute approximate surface area is 180 Å². The Morgan fingerprint density at radius 3 is 2.03 bits per heavy atom. The predicted molar refractivity (Wildman–Crippen MR) is 123 cm³/mol. The normalized spacial score (nSPS) is 10.4. The molecule has 0 aliphatic carbocycles. The number of anilines is 1. The maximum Gasteiger partial charge on any atom is 0.256 e. The fraction of sp³-hybridized carbons (Fsp3) is 0.0385. The van der Waals surface area contributed by atoms with Crippen molar-refractivity contribution in [3.05, 3.63) is 120 Å². The highest BCUT2D eigenvalue weighted by molar-refractivity contribution is 7.98. The van der Waals surface area contributed by atoms with Gasteiger partial charge in [0.1, 0.15) is 11.5 Å². The van der Waals surface area contributed by atoms with Gasteiger partial charge in [-0.25, -0.2) is 0 Å². The molecule has 4 aromatic rings. The molecule has 0 aliphatic heterocycles. The predicted octanol–water partition coefficient (Wildman–Crippen LogP) is 7.02. The number of benzene rings is 4. The molecule has 0 aromatic heterocycles. The van der Waals surface area contributed by atoms with E-state index in [-0.39, 0.29) is 5.91 Å². The summed E-state index contributed by atoms with van der Waals surface area (Å²) in [5, 5.41) is 2.98. The second-order valence-corrected chi connectivity index (χ2v) is 7.68. The van der Waals surface area contributed by atoms with Crippen molar-refractivity contribution in [1.82, 2.24) is 0 Å². The minimum atomic E-state index is -0.122. The van der Waals surface area contributed by atoms with Gasteiger partial charge in [-0.1, -0.05) is 60.7 Å². The van der Waals surface area contributed by atoms with E-state index in [1.165, 1.54) is 5.56 Å². The van der Waals surface area contributed by atoms with Gasteiger partial charge in [0.15, 0.2) is 0 Å². The van der Waals surface area contributed by atoms with Crippen molar-refractivity contribution in [2.45, 2.75) is 10.6 Å². The van der Waals surface area contributed by atoms with Crippen molar-refractivity contribution in [2.24, 2.45) is 0 Å². The lowest BCUT2D eigenvalue weighted by molar-refractivity contribution is 0.102. The lowest BCUT2D eigenvalue weighted by Gasteiger charge is -2.11. The summed E-state index contributed by atoms with van der Waals surface area (Å²) in [6.07, 6.45) is 0. The van der Waals surface area contributed by atoms with E-state index in [1.807, 2.05) is 97.1 Å². The molecule has 30 heavy (non-hydrogen) atoms. The molecule has 4 heteroatoms. The monoisotopic (exact) mass is 411 g/mol. The summed E-state index contributed by atoms with van der Waals surface area (Å²) in [7, 11) is 0. The summed E-state index contributed by atoms with van der Waals surface area (Å²) in [5.41, 5.74) is 2.62. The zero-order valence-electron chi connectivity index (χ0n) is 16.3. The third-order valence-corrected chi connectivity index (χ3v) is 5.60. The van der Waals surface area contributed by atoms with Gasteiger partial charge in [0.25, 0.3) is 5.91 Å². The summed E-state index contributed by atoms with van der Waals surface area (Å²) >= 11 is 1.66. The van der Waals surface area contributed by atoms with Gasteiger partial charge in [0, 0.05) is 16.3 Å². The molecule has 0 saturated heterocycles. The van der Waals surface area contributed by atoms with Crippen molar-refractivity contribution >= 4 is 23.4 Å². The Hall–Kier alpha value is -3.50. The van der Waals surface area contributed by atoms with Crippen molar-refractivity contribution in [2.75, 3.05) is 5.32 Å². The van der Waals surface area contributed by atoms with Gasteiger partial charge in [-0.2, -0.15) is 0 Å². The molecule has 0 atom stereocenters. The highest BCUT2D eigenvalue weighted by atomic mass is 32.2. The Bertz CT molecular complexity index is 1100. The van der Waals surface area contributed by atoms with Crippen LogP contribution in [-0.4, -0.2) is 5.91 Å². The van der Waals surface area contributed by atoms with E-state index in [0.717, 1.165) is 27.8 Å². The highest BCUT2D eigenvalue weighted by Crippen LogP contribution is 2.27. The standard InChI is InChI=1S/C26H21NO2S/c28-26(24-13-7-8-14-25(24)30-19-20-9-3-1-4-10-20)27-21-15-17-23(18-16-21)29-22-11-5-2-6-12-22/h1-18H,19H2,(H,27,28). The Morgan fingerprint density at radius 1 is 0.700 bits per heavy atom. The summed E-state index contributed by atoms with van der Waals surface area (Å²) in [4.78, 5) is 13.8. The van der Waals surface area contributed by atoms with Gasteiger partial charge in [0.2, 0.25) is 0 Å². The second kappa shape index (κ2) is 9.81. The minimum Gasteiger partial charge on any atom is -0.457 e. The third-order valence-electron chi connectivity index (χ3n) is 4.46. The largest absolute Gasteiger partial charge is 0.457 e. The molecular formula is C26H21NO2S. The number of para-hydroxylation sites is 1. The number of amides is 1. The van der Waals surface area contributed by atoms with Crippen molar-refractivity contribution in [3.63, 3.8) is 0 Å². The first-order valence-electron chi connectivity index (χ1n) is 9.68. The van der Waals surface area contributed by atoms with Crippen LogP contribution in [0.25, 0.3) is 0 Å². The average Bonchev–Trinajstić information content (AvgIpc) is 2.80. The fourth-order valence-corrected chi connectivity index (χ4v) is 3.95. The van der Waals surface area contributed by atoms with Crippen LogP contribution in [0.5, 0.6) is 11.5 Å². The van der Waals surface area contributed by atoms with Gasteiger partial charge in [-0.15, -0.1) is 11.8 Å². The molecule has 1 amide bonds. The van der Waals surface area contributed by atoms with E-state index in [1.54, 1.807) is 11.8 Å². The van der Waals surface area contributed by atoms with E-state index in [4.69, 9.17) is 4.74 Å². The van der Waals surface area contributed by atoms with Gasteiger partial charge in [0.05, 0.1) is 5.56 Å². The van der Waals surface area contributed by atoms with Crippen LogP contribution >= 0.6 is 11.8 Å². The first-order valence-corrected chi connectivity index (χ1v) is 10.7. The number of thioether (sulfide) groups is 1. The zero-order chi connectivity index (χ0) is 20.6. The smallest absolute Gasteiger partial charge is 0.256 e. The quantitative estimate of drug-likeness (QED) is 0.332. The third kappa shape index (κ3) is 5.31. The molecule has 0 fully saturated rings. The number of carbonyl (C=O) groups excluding carboxylic acids is 1. The summed E-state index contributed by atoms with van der Waals surface area (Å²) in [6.45, 7) is 0. The molecule has 0 saturated carbocycles. The van der Waals surface area contributed by atoms with Crippen LogP contribution in [0.3, 0.4) is 0 Å². The first-order chi connectivity index (χ1) is 14.8. The minimum absolute atomic E-state index is 0.122. The van der Waals surface area contributed by atoms with Gasteiger partial charge >= 0.3 is 0 Å². The summed E-state index contributed by atoms with van der Waals surface area (Å²) in [5.74, 6) is 2.19. The van der Waals surface area contributed by atoms with Crippen LogP contribution in [0.1, 0.15) is 15.9 Å². The van der Waals surface area contributed by atoms with E-state index in [9.17, 15) is 4.79 Å². The number of ether oxygens (including phenoxy) is 1. The van der Waals surface area contributed by atoms with Crippen molar-refractivity contribution in [3.8, 4) is 11.5 Å². The molecule has 0 bridgehead atoms. The number of carbonyl (C=O) groups is 1. The molecular weight excluding hydrogens is 390 g/mol. The lowest BCUT2D eigenvalue weighted by atomic mass is 10.2. The molecule has 0 spiro atoms. The number of rotatable bonds is 7. The highest BCUT2D eigenvalue weighted by Gasteiger charge is 2.12. The summed E-state index contributed by atoms with van der Waals surface area (Å²) < 4.78 is 5.80. The lowest BCUT2D eigenvalue weighted by Crippen LogP contribution is -2.12. The van der Waals surface area contributed by atoms with E-state index in [2.05, 4.69) is 17.4 Å². The topological polar surface area (TPSA) is 38.3 Å². The van der Waals surface area contributed by atoms with E-state index >= 15 is 0 Å². The fourth-order valence-electron chi connectivity index (χ4n) is 2.94. The van der Waals surface area contributed by atoms with E-state index < -0.39 is 0 Å². The van der Waals surface area contributed by atoms with Crippen molar-refractivity contribution in [1.29, 1.82) is 0 Å². The molecule has 0 aliphatic rings. The SMILES string of the molecule is O=C(Nc1ccc(Oc2ccccc2)cc1)c1ccccc1SCc1ccccc1. The molecule has 3 nitrogen and oxygen atoms in total. The second-order valence-electron chi connectivity index (χ2n) is 6.66. The van der Waals surface area contributed by atoms with Gasteiger partial charge in [-0.05, 0) is 54.1 Å². The number of hydrogen-bond acceptors (Lipinski definition) is 3. The molecule has 0 heterocycles. The Balaban J connectivity index is 1.41. The zero-order valence-corrected chi connectivity index (χ0v) is 17.1. The van der Waals surface area contributed by atoms with Gasteiger partial charge in [-0.3, -0.25) is 4.79 Å². The number of hydrogen-bond donors (Lipinski definition) is 1. The molecule has 1 N–H and O–H groups in total. The first kappa shape index (κ1) is 19.8. The number of nitrogens with one attached hydrogen (secondary N) is 1. The van der Waals surface area contributed by atoms with Gasteiger partial charge < -0.3 is 10.1 Å². The van der Waals surface area contributed by atoms with Crippen LogP contribution in [0.4, 0.5) is 5.69 Å². The molecule has 4 aromatic carbocycles. The van der Waals surface area contributed by atoms with Crippen LogP contribution in [-0.2, 0) is 5.75 Å². The van der Waals surface area contributed by atoms with E-state index in [0.29, 0.717) is 5.56 Å². The molecule has 148 valence electrons. The molecule has 0 unspecified atom stereocenters. The summed E-state index contributed by atoms with van der Waals surface area (Å²) in [6, 6.07) is 34.9. The van der Waals surface area contributed by atoms with Crippen LogP contribution in [0, 0.1) is 0 Å². The average molecular weight is 412 g/mol. The maximum absolute atomic E-state index is 12.9.